The lowest BCUT2D eigenvalue weighted by Gasteiger charge is -2.31. The maximum Gasteiger partial charge on any atom is 0.416 e. The van der Waals surface area contributed by atoms with Crippen LogP contribution in [0.1, 0.15) is 29.9 Å². The summed E-state index contributed by atoms with van der Waals surface area (Å²) in [7, 11) is 1.66. The number of hydrogen-bond donors (Lipinski definition) is 0. The first-order valence-electron chi connectivity index (χ1n) is 9.33. The van der Waals surface area contributed by atoms with Crippen molar-refractivity contribution in [2.24, 2.45) is 0 Å². The first kappa shape index (κ1) is 20.8. The van der Waals surface area contributed by atoms with Crippen LogP contribution in [0.3, 0.4) is 0 Å². The molecule has 1 saturated heterocycles. The smallest absolute Gasteiger partial charge is 0.416 e. The van der Waals surface area contributed by atoms with E-state index < -0.39 is 11.7 Å². The summed E-state index contributed by atoms with van der Waals surface area (Å²) in [6.07, 6.45) is -2.19. The Morgan fingerprint density at radius 2 is 1.82 bits per heavy atom. The van der Waals surface area contributed by atoms with Gasteiger partial charge in [-0.3, -0.25) is 4.90 Å². The van der Waals surface area contributed by atoms with Gasteiger partial charge in [0.25, 0.3) is 0 Å². The van der Waals surface area contributed by atoms with Crippen LogP contribution in [0, 0.1) is 6.92 Å². The van der Waals surface area contributed by atoms with Crippen molar-refractivity contribution in [2.75, 3.05) is 33.4 Å². The van der Waals surface area contributed by atoms with Gasteiger partial charge in [-0.05, 0) is 44.0 Å². The average molecular weight is 398 g/mol. The molecule has 1 aromatic heterocycles. The quantitative estimate of drug-likeness (QED) is 0.651. The first-order chi connectivity index (χ1) is 13.4. The number of aryl methyl sites for hydroxylation is 1. The molecule has 0 spiro atoms. The molecule has 1 aliphatic heterocycles. The van der Waals surface area contributed by atoms with Gasteiger partial charge in [-0.2, -0.15) is 13.2 Å². The number of ether oxygens (including phenoxy) is 2. The van der Waals surface area contributed by atoms with Gasteiger partial charge in [0.05, 0.1) is 30.6 Å². The fourth-order valence-electron chi connectivity index (χ4n) is 3.24. The number of hydrogen-bond acceptors (Lipinski definition) is 5. The second-order valence-electron chi connectivity index (χ2n) is 6.94. The second kappa shape index (κ2) is 9.07. The molecule has 2 aromatic rings. The summed E-state index contributed by atoms with van der Waals surface area (Å²) in [4.78, 5) is 6.80. The van der Waals surface area contributed by atoms with Crippen LogP contribution in [0.4, 0.5) is 13.2 Å². The van der Waals surface area contributed by atoms with Gasteiger partial charge in [-0.1, -0.05) is 0 Å². The zero-order valence-electron chi connectivity index (χ0n) is 16.1. The number of piperidine rings is 1. The van der Waals surface area contributed by atoms with Gasteiger partial charge >= 0.3 is 6.18 Å². The number of oxazole rings is 1. The highest BCUT2D eigenvalue weighted by Crippen LogP contribution is 2.31. The highest BCUT2D eigenvalue weighted by atomic mass is 19.4. The van der Waals surface area contributed by atoms with Crippen LogP contribution in [-0.4, -0.2) is 49.4 Å². The fourth-order valence-corrected chi connectivity index (χ4v) is 3.24. The van der Waals surface area contributed by atoms with Gasteiger partial charge in [-0.25, -0.2) is 4.98 Å². The molecule has 3 rings (SSSR count). The Hall–Kier alpha value is -1.90. The van der Waals surface area contributed by atoms with Crippen molar-refractivity contribution in [2.45, 2.75) is 38.6 Å². The fraction of sp³-hybridized carbons (Fsp3) is 0.550. The van der Waals surface area contributed by atoms with Crippen molar-refractivity contribution < 1.29 is 27.1 Å². The van der Waals surface area contributed by atoms with Gasteiger partial charge in [-0.15, -0.1) is 0 Å². The van der Waals surface area contributed by atoms with Gasteiger partial charge < -0.3 is 13.9 Å². The SMILES string of the molecule is COCCOC1CCN(Cc2nc(-c3ccc(C(F)(F)F)cc3)oc2C)CC1. The Morgan fingerprint density at radius 1 is 1.14 bits per heavy atom. The maximum absolute atomic E-state index is 12.7. The lowest BCUT2D eigenvalue weighted by molar-refractivity contribution is -0.137. The summed E-state index contributed by atoms with van der Waals surface area (Å²) in [5.74, 6) is 1.03. The van der Waals surface area contributed by atoms with Crippen LogP contribution in [0.2, 0.25) is 0 Å². The lowest BCUT2D eigenvalue weighted by atomic mass is 10.1. The first-order valence-corrected chi connectivity index (χ1v) is 9.33. The molecule has 28 heavy (non-hydrogen) atoms. The Morgan fingerprint density at radius 3 is 2.43 bits per heavy atom. The van der Waals surface area contributed by atoms with Crippen molar-refractivity contribution in [3.63, 3.8) is 0 Å². The third kappa shape index (κ3) is 5.33. The summed E-state index contributed by atoms with van der Waals surface area (Å²) < 4.78 is 54.6. The van der Waals surface area contributed by atoms with Crippen LogP contribution in [0.5, 0.6) is 0 Å². The molecule has 1 fully saturated rings. The molecule has 0 amide bonds. The molecule has 0 N–H and O–H groups in total. The van der Waals surface area contributed by atoms with Crippen molar-refractivity contribution in [1.29, 1.82) is 0 Å². The molecule has 154 valence electrons. The van der Waals surface area contributed by atoms with Gasteiger partial charge in [0, 0.05) is 32.3 Å². The molecule has 1 aliphatic rings. The Labute approximate surface area is 162 Å². The molecule has 1 aromatic carbocycles. The third-order valence-electron chi connectivity index (χ3n) is 4.90. The van der Waals surface area contributed by atoms with Crippen LogP contribution in [-0.2, 0) is 22.2 Å². The lowest BCUT2D eigenvalue weighted by Crippen LogP contribution is -2.37. The van der Waals surface area contributed by atoms with Gasteiger partial charge in [0.15, 0.2) is 0 Å². The molecule has 0 aliphatic carbocycles. The molecule has 0 bridgehead atoms. The minimum absolute atomic E-state index is 0.257. The molecule has 2 heterocycles. The van der Waals surface area contributed by atoms with E-state index in [0.717, 1.165) is 43.8 Å². The molecule has 0 radical (unpaired) electrons. The zero-order valence-corrected chi connectivity index (χ0v) is 16.1. The summed E-state index contributed by atoms with van der Waals surface area (Å²) in [5.41, 5.74) is 0.664. The number of aromatic nitrogens is 1. The topological polar surface area (TPSA) is 47.7 Å². The van der Waals surface area contributed by atoms with Crippen molar-refractivity contribution in [1.82, 2.24) is 9.88 Å². The number of halogens is 3. The van der Waals surface area contributed by atoms with Crippen LogP contribution < -0.4 is 0 Å². The van der Waals surface area contributed by atoms with Crippen molar-refractivity contribution in [3.05, 3.63) is 41.3 Å². The van der Waals surface area contributed by atoms with Crippen molar-refractivity contribution >= 4 is 0 Å². The van der Waals surface area contributed by atoms with Crippen LogP contribution >= 0.6 is 0 Å². The summed E-state index contributed by atoms with van der Waals surface area (Å²) in [6.45, 7) is 5.50. The highest BCUT2D eigenvalue weighted by Gasteiger charge is 2.30. The second-order valence-corrected chi connectivity index (χ2v) is 6.94. The summed E-state index contributed by atoms with van der Waals surface area (Å²) in [5, 5.41) is 0. The molecule has 0 saturated carbocycles. The minimum atomic E-state index is -4.35. The van der Waals surface area contributed by atoms with E-state index in [1.807, 2.05) is 6.92 Å². The number of rotatable bonds is 7. The monoisotopic (exact) mass is 398 g/mol. The average Bonchev–Trinajstić information content (AvgIpc) is 3.03. The molecule has 5 nitrogen and oxygen atoms in total. The van der Waals surface area contributed by atoms with Gasteiger partial charge in [0.2, 0.25) is 5.89 Å². The number of nitrogens with zero attached hydrogens (tertiary/aromatic N) is 2. The van der Waals surface area contributed by atoms with E-state index in [1.165, 1.54) is 12.1 Å². The van der Waals surface area contributed by atoms with E-state index in [1.54, 1.807) is 7.11 Å². The van der Waals surface area contributed by atoms with E-state index in [-0.39, 0.29) is 6.10 Å². The maximum atomic E-state index is 12.7. The van der Waals surface area contributed by atoms with E-state index in [2.05, 4.69) is 9.88 Å². The molecular formula is C20H25F3N2O3. The normalized spacial score (nSPS) is 16.6. The number of benzene rings is 1. The predicted octanol–water partition coefficient (Wildman–Crippen LogP) is 4.30. The Balaban J connectivity index is 1.58. The Bertz CT molecular complexity index is 751. The highest BCUT2D eigenvalue weighted by molar-refractivity contribution is 5.54. The molecule has 8 heteroatoms. The molecule has 0 atom stereocenters. The predicted molar refractivity (Wildman–Crippen MR) is 97.8 cm³/mol. The largest absolute Gasteiger partial charge is 0.441 e. The number of likely N-dealkylation sites (tertiary alicyclic amines) is 1. The number of methoxy groups -OCH3 is 1. The summed E-state index contributed by atoms with van der Waals surface area (Å²) >= 11 is 0. The Kier molecular flexibility index (Phi) is 6.74. The van der Waals surface area contributed by atoms with Crippen LogP contribution in [0.25, 0.3) is 11.5 Å². The van der Waals surface area contributed by atoms with Gasteiger partial charge in [0.1, 0.15) is 5.76 Å². The minimum Gasteiger partial charge on any atom is -0.441 e. The van der Waals surface area contributed by atoms with Crippen molar-refractivity contribution in [3.8, 4) is 11.5 Å². The number of alkyl halides is 3. The zero-order chi connectivity index (χ0) is 20.1. The summed E-state index contributed by atoms with van der Waals surface area (Å²) in [6, 6.07) is 4.87. The van der Waals surface area contributed by atoms with E-state index >= 15 is 0 Å². The van der Waals surface area contributed by atoms with E-state index in [9.17, 15) is 13.2 Å². The van der Waals surface area contributed by atoms with E-state index in [0.29, 0.717) is 37.0 Å². The van der Waals surface area contributed by atoms with E-state index in [4.69, 9.17) is 13.9 Å². The third-order valence-corrected chi connectivity index (χ3v) is 4.90. The molecule has 0 unspecified atom stereocenters. The molecular weight excluding hydrogens is 373 g/mol. The standard InChI is InChI=1S/C20H25F3N2O3/c1-14-18(13-25-9-7-17(8-10-25)27-12-11-26-2)24-19(28-14)15-3-5-16(6-4-15)20(21,22)23/h3-6,17H,7-13H2,1-2H3. The van der Waals surface area contributed by atoms with Crippen LogP contribution in [0.15, 0.2) is 28.7 Å².